The molecule has 1 saturated heterocycles. The molecule has 1 fully saturated rings. The highest BCUT2D eigenvalue weighted by molar-refractivity contribution is 4.94. The van der Waals surface area contributed by atoms with Crippen molar-refractivity contribution in [2.45, 2.75) is 78.0 Å². The third-order valence-electron chi connectivity index (χ3n) is 4.26. The van der Waals surface area contributed by atoms with E-state index in [-0.39, 0.29) is 11.2 Å². The van der Waals surface area contributed by atoms with Crippen LogP contribution in [0.15, 0.2) is 0 Å². The summed E-state index contributed by atoms with van der Waals surface area (Å²) in [6.07, 6.45) is 3.70. The second-order valence-corrected chi connectivity index (χ2v) is 7.08. The van der Waals surface area contributed by atoms with Crippen LogP contribution in [-0.2, 0) is 4.74 Å². The molecule has 2 nitrogen and oxygen atoms in total. The van der Waals surface area contributed by atoms with Gasteiger partial charge in [-0.15, -0.1) is 0 Å². The van der Waals surface area contributed by atoms with Crippen LogP contribution in [0, 0.1) is 11.8 Å². The maximum Gasteiger partial charge on any atom is 0.0662 e. The Labute approximate surface area is 108 Å². The van der Waals surface area contributed by atoms with Crippen LogP contribution >= 0.6 is 0 Å². The second-order valence-electron chi connectivity index (χ2n) is 7.08. The molecule has 0 aromatic heterocycles. The van der Waals surface area contributed by atoms with Gasteiger partial charge in [0.15, 0.2) is 0 Å². The van der Waals surface area contributed by atoms with Crippen LogP contribution in [0.5, 0.6) is 0 Å². The lowest BCUT2D eigenvalue weighted by molar-refractivity contribution is -0.0755. The van der Waals surface area contributed by atoms with Crippen molar-refractivity contribution >= 4 is 0 Å². The second kappa shape index (κ2) is 5.27. The van der Waals surface area contributed by atoms with E-state index >= 15 is 0 Å². The highest BCUT2D eigenvalue weighted by Gasteiger charge is 2.45. The molecule has 0 spiro atoms. The smallest absolute Gasteiger partial charge is 0.0662 e. The first-order valence-corrected chi connectivity index (χ1v) is 7.05. The first-order valence-electron chi connectivity index (χ1n) is 7.05. The SMILES string of the molecule is CNC(CCC1CC(C)(C)OC1(C)C)C(C)C. The van der Waals surface area contributed by atoms with Gasteiger partial charge in [-0.3, -0.25) is 0 Å². The minimum absolute atomic E-state index is 0.0404. The Morgan fingerprint density at radius 2 is 1.82 bits per heavy atom. The Hall–Kier alpha value is -0.0800. The Morgan fingerprint density at radius 1 is 1.24 bits per heavy atom. The zero-order valence-electron chi connectivity index (χ0n) is 12.8. The molecular weight excluding hydrogens is 210 g/mol. The van der Waals surface area contributed by atoms with E-state index in [9.17, 15) is 0 Å². The lowest BCUT2D eigenvalue weighted by atomic mass is 9.82. The molecule has 0 aromatic rings. The first kappa shape index (κ1) is 15.0. The highest BCUT2D eigenvalue weighted by Crippen LogP contribution is 2.44. The largest absolute Gasteiger partial charge is 0.369 e. The van der Waals surface area contributed by atoms with E-state index < -0.39 is 0 Å². The molecule has 0 aromatic carbocycles. The summed E-state index contributed by atoms with van der Waals surface area (Å²) in [6, 6.07) is 0.634. The molecule has 2 atom stereocenters. The van der Waals surface area contributed by atoms with E-state index in [1.165, 1.54) is 19.3 Å². The highest BCUT2D eigenvalue weighted by atomic mass is 16.5. The third-order valence-corrected chi connectivity index (χ3v) is 4.26. The van der Waals surface area contributed by atoms with Gasteiger partial charge in [0.25, 0.3) is 0 Å². The molecule has 0 amide bonds. The average molecular weight is 241 g/mol. The topological polar surface area (TPSA) is 21.3 Å². The summed E-state index contributed by atoms with van der Waals surface area (Å²) in [5, 5.41) is 3.43. The zero-order chi connectivity index (χ0) is 13.3. The van der Waals surface area contributed by atoms with E-state index in [1.807, 2.05) is 0 Å². The lowest BCUT2D eigenvalue weighted by Crippen LogP contribution is -2.33. The predicted octanol–water partition coefficient (Wildman–Crippen LogP) is 3.60. The Kier molecular flexibility index (Phi) is 4.65. The molecular formula is C15H31NO. The van der Waals surface area contributed by atoms with Crippen molar-refractivity contribution in [3.63, 3.8) is 0 Å². The van der Waals surface area contributed by atoms with Crippen molar-refractivity contribution in [2.75, 3.05) is 7.05 Å². The van der Waals surface area contributed by atoms with E-state index in [1.54, 1.807) is 0 Å². The molecule has 2 unspecified atom stereocenters. The van der Waals surface area contributed by atoms with Gasteiger partial charge in [0.1, 0.15) is 0 Å². The molecule has 1 rings (SSSR count). The minimum atomic E-state index is 0.0404. The summed E-state index contributed by atoms with van der Waals surface area (Å²) in [7, 11) is 2.07. The quantitative estimate of drug-likeness (QED) is 0.794. The third kappa shape index (κ3) is 3.96. The monoisotopic (exact) mass is 241 g/mol. The molecule has 0 saturated carbocycles. The number of hydrogen-bond donors (Lipinski definition) is 1. The molecule has 1 aliphatic heterocycles. The van der Waals surface area contributed by atoms with Crippen LogP contribution in [0.1, 0.15) is 60.8 Å². The average Bonchev–Trinajstić information content (AvgIpc) is 2.34. The van der Waals surface area contributed by atoms with Crippen LogP contribution in [0.2, 0.25) is 0 Å². The molecule has 1 aliphatic rings. The molecule has 0 radical (unpaired) electrons. The number of rotatable bonds is 5. The Bertz CT molecular complexity index is 245. The van der Waals surface area contributed by atoms with Crippen LogP contribution in [0.25, 0.3) is 0 Å². The summed E-state index contributed by atoms with van der Waals surface area (Å²) in [5.74, 6) is 1.39. The summed E-state index contributed by atoms with van der Waals surface area (Å²) < 4.78 is 6.15. The van der Waals surface area contributed by atoms with Gasteiger partial charge < -0.3 is 10.1 Å². The van der Waals surface area contributed by atoms with Gasteiger partial charge >= 0.3 is 0 Å². The van der Waals surface area contributed by atoms with E-state index in [4.69, 9.17) is 4.74 Å². The molecule has 0 aliphatic carbocycles. The molecule has 1 heterocycles. The molecule has 1 N–H and O–H groups in total. The maximum absolute atomic E-state index is 6.15. The fourth-order valence-corrected chi connectivity index (χ4v) is 3.32. The first-order chi connectivity index (χ1) is 7.68. The van der Waals surface area contributed by atoms with Gasteiger partial charge in [-0.1, -0.05) is 13.8 Å². The minimum Gasteiger partial charge on any atom is -0.369 e. The lowest BCUT2D eigenvalue weighted by Gasteiger charge is -2.29. The molecule has 0 bridgehead atoms. The van der Waals surface area contributed by atoms with Crippen LogP contribution in [-0.4, -0.2) is 24.3 Å². The van der Waals surface area contributed by atoms with Crippen molar-refractivity contribution in [2.24, 2.45) is 11.8 Å². The number of ether oxygens (including phenoxy) is 1. The van der Waals surface area contributed by atoms with Crippen molar-refractivity contribution in [1.29, 1.82) is 0 Å². The normalized spacial score (nSPS) is 28.6. The molecule has 2 heteroatoms. The summed E-state index contributed by atoms with van der Waals surface area (Å²) in [6.45, 7) is 13.5. The molecule has 17 heavy (non-hydrogen) atoms. The molecule has 102 valence electrons. The zero-order valence-corrected chi connectivity index (χ0v) is 12.8. The van der Waals surface area contributed by atoms with Gasteiger partial charge in [-0.05, 0) is 65.8 Å². The van der Waals surface area contributed by atoms with Gasteiger partial charge in [0, 0.05) is 6.04 Å². The van der Waals surface area contributed by atoms with Gasteiger partial charge in [0.2, 0.25) is 0 Å². The summed E-state index contributed by atoms with van der Waals surface area (Å²) >= 11 is 0. The van der Waals surface area contributed by atoms with E-state index in [0.29, 0.717) is 17.9 Å². The summed E-state index contributed by atoms with van der Waals surface area (Å²) in [4.78, 5) is 0. The van der Waals surface area contributed by atoms with Gasteiger partial charge in [0.05, 0.1) is 11.2 Å². The number of hydrogen-bond acceptors (Lipinski definition) is 2. The standard InChI is InChI=1S/C15H31NO/c1-11(2)13(16-7)9-8-12-10-14(3,4)17-15(12,5)6/h11-13,16H,8-10H2,1-7H3. The fraction of sp³-hybridized carbons (Fsp3) is 1.00. The summed E-state index contributed by atoms with van der Waals surface area (Å²) in [5.41, 5.74) is 0.0971. The van der Waals surface area contributed by atoms with Crippen molar-refractivity contribution in [1.82, 2.24) is 5.32 Å². The fourth-order valence-electron chi connectivity index (χ4n) is 3.32. The van der Waals surface area contributed by atoms with Crippen molar-refractivity contribution < 1.29 is 4.74 Å². The Morgan fingerprint density at radius 3 is 2.18 bits per heavy atom. The predicted molar refractivity (Wildman–Crippen MR) is 74.3 cm³/mol. The van der Waals surface area contributed by atoms with Crippen molar-refractivity contribution in [3.8, 4) is 0 Å². The van der Waals surface area contributed by atoms with Gasteiger partial charge in [-0.25, -0.2) is 0 Å². The van der Waals surface area contributed by atoms with Crippen LogP contribution in [0.3, 0.4) is 0 Å². The van der Waals surface area contributed by atoms with Crippen LogP contribution < -0.4 is 5.32 Å². The van der Waals surface area contributed by atoms with E-state index in [0.717, 1.165) is 0 Å². The van der Waals surface area contributed by atoms with E-state index in [2.05, 4.69) is 53.9 Å². The van der Waals surface area contributed by atoms with Gasteiger partial charge in [-0.2, -0.15) is 0 Å². The van der Waals surface area contributed by atoms with Crippen LogP contribution in [0.4, 0.5) is 0 Å². The van der Waals surface area contributed by atoms with Crippen molar-refractivity contribution in [3.05, 3.63) is 0 Å². The maximum atomic E-state index is 6.15. The Balaban J connectivity index is 2.52. The number of nitrogens with one attached hydrogen (secondary N) is 1.